The van der Waals surface area contributed by atoms with E-state index in [9.17, 15) is 9.59 Å². The Morgan fingerprint density at radius 1 is 1.00 bits per heavy atom. The number of rotatable bonds is 3. The second-order valence-corrected chi connectivity index (χ2v) is 5.68. The first-order valence-electron chi connectivity index (χ1n) is 7.66. The van der Waals surface area contributed by atoms with E-state index in [4.69, 9.17) is 7.85 Å². The number of imide groups is 1. The van der Waals surface area contributed by atoms with E-state index in [0.717, 1.165) is 0 Å². The van der Waals surface area contributed by atoms with Crippen molar-refractivity contribution in [2.75, 3.05) is 0 Å². The SMILES string of the molecule is [B]c1ccc(-n2ncnc2C(C)N2C(=O)c3ccccc3C2=O)nc1. The first kappa shape index (κ1) is 15.3. The molecule has 1 unspecified atom stereocenters. The number of hydrogen-bond donors (Lipinski definition) is 0. The fraction of sp³-hybridized carbons (Fsp3) is 0.118. The average Bonchev–Trinajstić information content (AvgIpc) is 3.20. The zero-order valence-electron chi connectivity index (χ0n) is 13.3. The molecule has 2 radical (unpaired) electrons. The van der Waals surface area contributed by atoms with E-state index in [1.54, 1.807) is 43.3 Å². The van der Waals surface area contributed by atoms with Crippen molar-refractivity contribution in [1.29, 1.82) is 0 Å². The normalized spacial score (nSPS) is 14.7. The highest BCUT2D eigenvalue weighted by molar-refractivity contribution is 6.32. The number of carbonyl (C=O) groups is 2. The molecule has 0 fully saturated rings. The van der Waals surface area contributed by atoms with Crippen molar-refractivity contribution >= 4 is 25.1 Å². The summed E-state index contributed by atoms with van der Waals surface area (Å²) in [5.74, 6) is 0.262. The predicted molar refractivity (Wildman–Crippen MR) is 89.9 cm³/mol. The molecule has 3 aromatic rings. The summed E-state index contributed by atoms with van der Waals surface area (Å²) in [5, 5.41) is 4.16. The molecule has 0 saturated heterocycles. The van der Waals surface area contributed by atoms with Crippen LogP contribution >= 0.6 is 0 Å². The number of aromatic nitrogens is 4. The van der Waals surface area contributed by atoms with Crippen molar-refractivity contribution in [2.24, 2.45) is 0 Å². The molecule has 120 valence electrons. The van der Waals surface area contributed by atoms with Crippen LogP contribution in [-0.4, -0.2) is 44.3 Å². The van der Waals surface area contributed by atoms with E-state index < -0.39 is 6.04 Å². The van der Waals surface area contributed by atoms with Gasteiger partial charge in [-0.2, -0.15) is 9.78 Å². The van der Waals surface area contributed by atoms with E-state index in [2.05, 4.69) is 15.1 Å². The van der Waals surface area contributed by atoms with E-state index in [1.807, 2.05) is 0 Å². The van der Waals surface area contributed by atoms with Gasteiger partial charge in [0.25, 0.3) is 11.8 Å². The summed E-state index contributed by atoms with van der Waals surface area (Å²) in [7, 11) is 5.66. The van der Waals surface area contributed by atoms with Crippen LogP contribution < -0.4 is 5.46 Å². The Kier molecular flexibility index (Phi) is 3.45. The highest BCUT2D eigenvalue weighted by atomic mass is 16.2. The molecule has 4 rings (SSSR count). The third-order valence-electron chi connectivity index (χ3n) is 4.15. The van der Waals surface area contributed by atoms with Gasteiger partial charge in [0.05, 0.1) is 17.2 Å². The molecule has 8 heteroatoms. The van der Waals surface area contributed by atoms with E-state index >= 15 is 0 Å². The summed E-state index contributed by atoms with van der Waals surface area (Å²) in [6.07, 6.45) is 2.87. The van der Waals surface area contributed by atoms with Crippen LogP contribution in [0, 0.1) is 0 Å². The molecular formula is C17H12BN5O2. The first-order chi connectivity index (χ1) is 12.1. The van der Waals surface area contributed by atoms with Crippen molar-refractivity contribution in [1.82, 2.24) is 24.6 Å². The summed E-state index contributed by atoms with van der Waals surface area (Å²) < 4.78 is 1.49. The maximum Gasteiger partial charge on any atom is 0.262 e. The number of nitrogens with zero attached hydrogens (tertiary/aromatic N) is 5. The van der Waals surface area contributed by atoms with Crippen molar-refractivity contribution in [2.45, 2.75) is 13.0 Å². The third-order valence-corrected chi connectivity index (χ3v) is 4.15. The number of fused-ring (bicyclic) bond motifs is 1. The number of amides is 2. The van der Waals surface area contributed by atoms with Gasteiger partial charge in [-0.1, -0.05) is 23.7 Å². The molecule has 1 aromatic carbocycles. The maximum atomic E-state index is 12.7. The van der Waals surface area contributed by atoms with Crippen LogP contribution in [0.3, 0.4) is 0 Å². The van der Waals surface area contributed by atoms with Crippen LogP contribution in [0.5, 0.6) is 0 Å². The Morgan fingerprint density at radius 3 is 2.28 bits per heavy atom. The van der Waals surface area contributed by atoms with Crippen molar-refractivity contribution in [3.8, 4) is 5.82 Å². The van der Waals surface area contributed by atoms with Gasteiger partial charge in [-0.05, 0) is 25.1 Å². The molecule has 1 atom stereocenters. The number of pyridine rings is 1. The molecule has 1 aliphatic rings. The van der Waals surface area contributed by atoms with Gasteiger partial charge in [0.1, 0.15) is 14.2 Å². The average molecular weight is 329 g/mol. The Hall–Kier alpha value is -3.29. The number of carbonyl (C=O) groups excluding carboxylic acids is 2. The van der Waals surface area contributed by atoms with Crippen molar-refractivity contribution in [3.63, 3.8) is 0 Å². The summed E-state index contributed by atoms with van der Waals surface area (Å²) >= 11 is 0. The minimum Gasteiger partial charge on any atom is -0.269 e. The van der Waals surface area contributed by atoms with Crippen LogP contribution in [-0.2, 0) is 0 Å². The molecule has 0 saturated carbocycles. The predicted octanol–water partition coefficient (Wildman–Crippen LogP) is 0.813. The van der Waals surface area contributed by atoms with Crippen LogP contribution in [0.25, 0.3) is 5.82 Å². The van der Waals surface area contributed by atoms with E-state index in [0.29, 0.717) is 28.2 Å². The third kappa shape index (κ3) is 2.34. The Balaban J connectivity index is 1.73. The molecule has 1 aliphatic heterocycles. The quantitative estimate of drug-likeness (QED) is 0.525. The second kappa shape index (κ2) is 5.66. The van der Waals surface area contributed by atoms with Gasteiger partial charge < -0.3 is 0 Å². The molecule has 0 bridgehead atoms. The van der Waals surface area contributed by atoms with Gasteiger partial charge in [0.15, 0.2) is 11.6 Å². The minimum absolute atomic E-state index is 0.340. The fourth-order valence-electron chi connectivity index (χ4n) is 2.91. The monoisotopic (exact) mass is 329 g/mol. The summed E-state index contributed by atoms with van der Waals surface area (Å²) in [5.41, 5.74) is 1.32. The molecule has 7 nitrogen and oxygen atoms in total. The molecule has 25 heavy (non-hydrogen) atoms. The standard InChI is InChI=1S/C17H12BN5O2/c1-10(22-16(24)12-4-2-3-5-13(12)17(22)25)15-20-9-21-23(15)14-7-6-11(18)8-19-14/h2-10H,1H3. The molecule has 2 amide bonds. The van der Waals surface area contributed by atoms with Gasteiger partial charge >= 0.3 is 0 Å². The lowest BCUT2D eigenvalue weighted by molar-refractivity contribution is 0.0587. The van der Waals surface area contributed by atoms with Crippen molar-refractivity contribution in [3.05, 3.63) is 65.9 Å². The maximum absolute atomic E-state index is 12.7. The lowest BCUT2D eigenvalue weighted by Gasteiger charge is -2.22. The van der Waals surface area contributed by atoms with Gasteiger partial charge in [0.2, 0.25) is 0 Å². The minimum atomic E-state index is -0.603. The Morgan fingerprint density at radius 2 is 1.68 bits per heavy atom. The number of benzene rings is 1. The summed E-state index contributed by atoms with van der Waals surface area (Å²) in [4.78, 5) is 34.9. The van der Waals surface area contributed by atoms with E-state index in [-0.39, 0.29) is 11.8 Å². The lowest BCUT2D eigenvalue weighted by atomic mass is 9.99. The first-order valence-corrected chi connectivity index (χ1v) is 7.66. The highest BCUT2D eigenvalue weighted by Crippen LogP contribution is 2.30. The molecule has 2 aromatic heterocycles. The van der Waals surface area contributed by atoms with Gasteiger partial charge in [-0.3, -0.25) is 14.5 Å². The van der Waals surface area contributed by atoms with Crippen LogP contribution in [0.15, 0.2) is 48.9 Å². The molecular weight excluding hydrogens is 317 g/mol. The lowest BCUT2D eigenvalue weighted by Crippen LogP contribution is -2.34. The zero-order valence-corrected chi connectivity index (χ0v) is 13.3. The fourth-order valence-corrected chi connectivity index (χ4v) is 2.91. The second-order valence-electron chi connectivity index (χ2n) is 5.68. The van der Waals surface area contributed by atoms with Gasteiger partial charge in [-0.15, -0.1) is 0 Å². The van der Waals surface area contributed by atoms with Crippen LogP contribution in [0.1, 0.15) is 39.5 Å². The Labute approximate surface area is 144 Å². The Bertz CT molecular complexity index is 948. The highest BCUT2D eigenvalue weighted by Gasteiger charge is 2.40. The van der Waals surface area contributed by atoms with Gasteiger partial charge in [0, 0.05) is 6.20 Å². The van der Waals surface area contributed by atoms with Crippen LogP contribution in [0.2, 0.25) is 0 Å². The molecule has 0 N–H and O–H groups in total. The molecule has 0 aliphatic carbocycles. The van der Waals surface area contributed by atoms with E-state index in [1.165, 1.54) is 22.1 Å². The smallest absolute Gasteiger partial charge is 0.262 e. The largest absolute Gasteiger partial charge is 0.269 e. The molecule has 3 heterocycles. The zero-order chi connectivity index (χ0) is 17.6. The van der Waals surface area contributed by atoms with Crippen molar-refractivity contribution < 1.29 is 9.59 Å². The summed E-state index contributed by atoms with van der Waals surface area (Å²) in [6, 6.07) is 9.55. The number of hydrogen-bond acceptors (Lipinski definition) is 5. The summed E-state index contributed by atoms with van der Waals surface area (Å²) in [6.45, 7) is 1.74. The molecule has 0 spiro atoms. The topological polar surface area (TPSA) is 81.0 Å². The van der Waals surface area contributed by atoms with Gasteiger partial charge in [-0.25, -0.2) is 9.97 Å². The van der Waals surface area contributed by atoms with Crippen LogP contribution in [0.4, 0.5) is 0 Å².